The zero-order chi connectivity index (χ0) is 24.2. The van der Waals surface area contributed by atoms with E-state index in [4.69, 9.17) is 19.6 Å². The van der Waals surface area contributed by atoms with Crippen LogP contribution >= 0.6 is 11.8 Å². The third kappa shape index (κ3) is 4.99. The highest BCUT2D eigenvalue weighted by atomic mass is 32.2. The highest BCUT2D eigenvalue weighted by Gasteiger charge is 2.34. The quantitative estimate of drug-likeness (QED) is 0.432. The van der Waals surface area contributed by atoms with Crippen LogP contribution in [0.4, 0.5) is 0 Å². The van der Waals surface area contributed by atoms with Crippen LogP contribution in [0.5, 0.6) is 17.2 Å². The van der Waals surface area contributed by atoms with Crippen molar-refractivity contribution in [2.24, 2.45) is 10.1 Å². The number of thioether (sulfide) groups is 1. The van der Waals surface area contributed by atoms with Crippen LogP contribution < -0.4 is 14.2 Å². The van der Waals surface area contributed by atoms with Crippen LogP contribution in [0.25, 0.3) is 6.08 Å². The number of ether oxygens (including phenoxy) is 3. The summed E-state index contributed by atoms with van der Waals surface area (Å²) < 4.78 is 17.6. The number of nitrogens with zero attached hydrogens (tertiary/aromatic N) is 3. The first-order valence-electron chi connectivity index (χ1n) is 10.9. The van der Waals surface area contributed by atoms with Gasteiger partial charge in [0.2, 0.25) is 5.17 Å². The molecular weight excluding hydrogens is 452 g/mol. The Balaban J connectivity index is 1.47. The predicted octanol–water partition coefficient (Wildman–Crippen LogP) is 4.80. The summed E-state index contributed by atoms with van der Waals surface area (Å²) in [5.41, 5.74) is 3.03. The van der Waals surface area contributed by atoms with Gasteiger partial charge < -0.3 is 14.2 Å². The number of benzene rings is 2. The Morgan fingerprint density at radius 3 is 2.50 bits per heavy atom. The molecule has 0 saturated heterocycles. The van der Waals surface area contributed by atoms with Gasteiger partial charge in [0, 0.05) is 0 Å². The van der Waals surface area contributed by atoms with Gasteiger partial charge in [-0.3, -0.25) is 10.2 Å². The molecule has 0 fully saturated rings. The molecule has 2 aliphatic heterocycles. The highest BCUT2D eigenvalue weighted by molar-refractivity contribution is 8.26. The molecule has 0 aromatic heterocycles. The van der Waals surface area contributed by atoms with E-state index in [9.17, 15) is 4.79 Å². The molecule has 176 valence electrons. The summed E-state index contributed by atoms with van der Waals surface area (Å²) >= 11 is 1.28. The fourth-order valence-electron chi connectivity index (χ4n) is 3.58. The van der Waals surface area contributed by atoms with E-state index in [-0.39, 0.29) is 11.4 Å². The van der Waals surface area contributed by atoms with E-state index in [1.165, 1.54) is 16.8 Å². The Hall–Kier alpha value is -3.59. The molecule has 0 atom stereocenters. The van der Waals surface area contributed by atoms with Gasteiger partial charge in [-0.2, -0.15) is 15.1 Å². The van der Waals surface area contributed by atoms with E-state index in [1.54, 1.807) is 18.2 Å². The lowest BCUT2D eigenvalue weighted by atomic mass is 10.1. The van der Waals surface area contributed by atoms with Gasteiger partial charge in [-0.25, -0.2) is 0 Å². The van der Waals surface area contributed by atoms with Crippen molar-refractivity contribution in [2.75, 3.05) is 19.8 Å². The second kappa shape index (κ2) is 10.1. The number of hydrogen-bond donors (Lipinski definition) is 1. The molecule has 0 unspecified atom stereocenters. The SMILES string of the molecule is CCOc1cc(C=C2C(=N)N3N=C(C)SC3=NC2=O)ccc1OCCOc1c(C)cccc1C. The number of carbonyl (C=O) groups is 1. The lowest BCUT2D eigenvalue weighted by Gasteiger charge is -2.20. The molecule has 9 heteroatoms. The van der Waals surface area contributed by atoms with Crippen LogP contribution in [0.1, 0.15) is 30.5 Å². The van der Waals surface area contributed by atoms with Gasteiger partial charge in [-0.1, -0.05) is 24.3 Å². The zero-order valence-corrected chi connectivity index (χ0v) is 20.4. The molecule has 0 bridgehead atoms. The minimum Gasteiger partial charge on any atom is -0.490 e. The molecule has 2 aromatic rings. The molecule has 1 N–H and O–H groups in total. The van der Waals surface area contributed by atoms with Gasteiger partial charge in [-0.15, -0.1) is 0 Å². The first-order valence-corrected chi connectivity index (χ1v) is 11.7. The number of nitrogens with one attached hydrogen (secondary N) is 1. The average Bonchev–Trinajstić information content (AvgIpc) is 3.17. The van der Waals surface area contributed by atoms with Gasteiger partial charge in [0.15, 0.2) is 17.3 Å². The van der Waals surface area contributed by atoms with Crippen LogP contribution in [0.15, 0.2) is 52.1 Å². The van der Waals surface area contributed by atoms with Crippen molar-refractivity contribution in [3.05, 3.63) is 58.7 Å². The number of para-hydroxylation sites is 1. The van der Waals surface area contributed by atoms with E-state index >= 15 is 0 Å². The number of hydrogen-bond acceptors (Lipinski definition) is 7. The third-order valence-electron chi connectivity index (χ3n) is 5.13. The Morgan fingerprint density at radius 1 is 1.03 bits per heavy atom. The van der Waals surface area contributed by atoms with Crippen LogP contribution in [0.3, 0.4) is 0 Å². The van der Waals surface area contributed by atoms with Gasteiger partial charge in [0.1, 0.15) is 19.0 Å². The number of rotatable bonds is 8. The Bertz CT molecular complexity index is 1220. The highest BCUT2D eigenvalue weighted by Crippen LogP contribution is 2.32. The minimum absolute atomic E-state index is 0.00119. The molecule has 34 heavy (non-hydrogen) atoms. The van der Waals surface area contributed by atoms with E-state index in [0.29, 0.717) is 42.1 Å². The molecule has 0 radical (unpaired) electrons. The maximum Gasteiger partial charge on any atom is 0.283 e. The number of amides is 1. The molecular formula is C25H26N4O4S. The van der Waals surface area contributed by atoms with Gasteiger partial charge in [-0.05, 0) is 74.4 Å². The third-order valence-corrected chi connectivity index (χ3v) is 5.95. The van der Waals surface area contributed by atoms with E-state index in [0.717, 1.165) is 21.9 Å². The van der Waals surface area contributed by atoms with Crippen molar-refractivity contribution in [1.82, 2.24) is 5.01 Å². The Kier molecular flexibility index (Phi) is 7.02. The summed E-state index contributed by atoms with van der Waals surface area (Å²) in [4.78, 5) is 16.6. The van der Waals surface area contributed by atoms with Crippen molar-refractivity contribution in [3.63, 3.8) is 0 Å². The summed E-state index contributed by atoms with van der Waals surface area (Å²) in [6, 6.07) is 11.4. The molecule has 0 spiro atoms. The maximum atomic E-state index is 12.5. The van der Waals surface area contributed by atoms with Gasteiger partial charge in [0.25, 0.3) is 5.91 Å². The van der Waals surface area contributed by atoms with E-state index < -0.39 is 5.91 Å². The molecule has 0 saturated carbocycles. The van der Waals surface area contributed by atoms with Crippen LogP contribution in [-0.2, 0) is 4.79 Å². The fraction of sp³-hybridized carbons (Fsp3) is 0.280. The van der Waals surface area contributed by atoms with E-state index in [2.05, 4.69) is 10.1 Å². The number of aryl methyl sites for hydroxylation is 2. The van der Waals surface area contributed by atoms with Gasteiger partial charge >= 0.3 is 0 Å². The lowest BCUT2D eigenvalue weighted by Crippen LogP contribution is -2.35. The fourth-order valence-corrected chi connectivity index (χ4v) is 4.31. The van der Waals surface area contributed by atoms with Crippen LogP contribution in [0.2, 0.25) is 0 Å². The monoisotopic (exact) mass is 478 g/mol. The smallest absolute Gasteiger partial charge is 0.283 e. The Morgan fingerprint density at radius 2 is 1.76 bits per heavy atom. The molecule has 2 aliphatic rings. The summed E-state index contributed by atoms with van der Waals surface area (Å²) in [5.74, 6) is 1.54. The van der Waals surface area contributed by atoms with Crippen LogP contribution in [-0.4, -0.2) is 46.8 Å². The van der Waals surface area contributed by atoms with Gasteiger partial charge in [0.05, 0.1) is 17.2 Å². The van der Waals surface area contributed by atoms with Crippen molar-refractivity contribution in [2.45, 2.75) is 27.7 Å². The second-order valence-electron chi connectivity index (χ2n) is 7.70. The number of hydrazone groups is 1. The van der Waals surface area contributed by atoms with Crippen LogP contribution in [0, 0.1) is 19.3 Å². The Labute approximate surface area is 202 Å². The first kappa shape index (κ1) is 23.6. The maximum absolute atomic E-state index is 12.5. The molecule has 2 aromatic carbocycles. The standard InChI is InChI=1S/C25H26N4O4S/c1-5-31-21-14-18(13-19-23(26)29-25(27-24(19)30)34-17(4)28-29)9-10-20(21)32-11-12-33-22-15(2)7-6-8-16(22)3/h6-10,13-14,26H,5,11-12H2,1-4H3. The first-order chi connectivity index (χ1) is 16.4. The number of carbonyl (C=O) groups excluding carboxylic acids is 1. The number of fused-ring (bicyclic) bond motifs is 1. The van der Waals surface area contributed by atoms with Crippen molar-refractivity contribution >= 4 is 39.8 Å². The van der Waals surface area contributed by atoms with Crippen molar-refractivity contribution < 1.29 is 19.0 Å². The molecule has 4 rings (SSSR count). The second-order valence-corrected chi connectivity index (χ2v) is 8.86. The summed E-state index contributed by atoms with van der Waals surface area (Å²) in [6.07, 6.45) is 1.62. The number of aliphatic imine (C=N–C) groups is 1. The summed E-state index contributed by atoms with van der Waals surface area (Å²) in [5, 5.41) is 15.2. The summed E-state index contributed by atoms with van der Waals surface area (Å²) in [7, 11) is 0. The molecule has 2 heterocycles. The van der Waals surface area contributed by atoms with E-state index in [1.807, 2.05) is 52.0 Å². The number of amidine groups is 2. The van der Waals surface area contributed by atoms with Crippen molar-refractivity contribution in [1.29, 1.82) is 5.41 Å². The van der Waals surface area contributed by atoms with Crippen molar-refractivity contribution in [3.8, 4) is 17.2 Å². The average molecular weight is 479 g/mol. The lowest BCUT2D eigenvalue weighted by molar-refractivity contribution is -0.114. The summed E-state index contributed by atoms with van der Waals surface area (Å²) in [6.45, 7) is 8.93. The molecule has 1 amide bonds. The topological polar surface area (TPSA) is 96.6 Å². The largest absolute Gasteiger partial charge is 0.490 e. The zero-order valence-electron chi connectivity index (χ0n) is 19.5. The minimum atomic E-state index is -0.462. The molecule has 0 aliphatic carbocycles. The predicted molar refractivity (Wildman–Crippen MR) is 135 cm³/mol. The normalized spacial score (nSPS) is 16.4. The molecule has 8 nitrogen and oxygen atoms in total.